The average Bonchev–Trinajstić information content (AvgIpc) is 2.72. The molecule has 7 nitrogen and oxygen atoms in total. The van der Waals surface area contributed by atoms with Gasteiger partial charge < -0.3 is 19.4 Å². The van der Waals surface area contributed by atoms with Gasteiger partial charge in [-0.05, 0) is 44.2 Å². The van der Waals surface area contributed by atoms with Crippen molar-refractivity contribution in [1.29, 1.82) is 0 Å². The van der Waals surface area contributed by atoms with Gasteiger partial charge in [0, 0.05) is 17.6 Å². The summed E-state index contributed by atoms with van der Waals surface area (Å²) in [4.78, 5) is 36.9. The number of carbonyl (C=O) groups is 2. The molecular weight excluding hydrogens is 410 g/mol. The Balaban J connectivity index is 1.82. The van der Waals surface area contributed by atoms with Gasteiger partial charge in [-0.3, -0.25) is 9.59 Å². The number of anilines is 1. The standard InChI is InChI=1S/C22H20F2N2O5/c1-3-30-22(29)13(2)31-19-6-4-5-16-15(19)9-10-26(21(16)28)12-20(27)25-18-8-7-14(23)11-17(18)24/h4-11,13H,3,12H2,1-2H3,(H,25,27). The molecule has 9 heteroatoms. The molecule has 0 aliphatic carbocycles. The molecule has 1 atom stereocenters. The molecule has 0 fully saturated rings. The van der Waals surface area contributed by atoms with Crippen molar-refractivity contribution in [2.75, 3.05) is 11.9 Å². The summed E-state index contributed by atoms with van der Waals surface area (Å²) in [6.07, 6.45) is 0.525. The Morgan fingerprint density at radius 2 is 1.90 bits per heavy atom. The van der Waals surface area contributed by atoms with Crippen LogP contribution in [0.5, 0.6) is 5.75 Å². The van der Waals surface area contributed by atoms with Gasteiger partial charge in [0.25, 0.3) is 5.56 Å². The molecule has 162 valence electrons. The minimum Gasteiger partial charge on any atom is -0.478 e. The van der Waals surface area contributed by atoms with Gasteiger partial charge in [-0.2, -0.15) is 0 Å². The zero-order chi connectivity index (χ0) is 22.5. The number of hydrogen-bond acceptors (Lipinski definition) is 5. The molecule has 0 saturated heterocycles. The fraction of sp³-hybridized carbons (Fsp3) is 0.227. The number of aromatic nitrogens is 1. The smallest absolute Gasteiger partial charge is 0.347 e. The number of amides is 1. The minimum atomic E-state index is -0.920. The van der Waals surface area contributed by atoms with Crippen LogP contribution < -0.4 is 15.6 Å². The lowest BCUT2D eigenvalue weighted by molar-refractivity contribution is -0.150. The van der Waals surface area contributed by atoms with E-state index in [1.54, 1.807) is 31.2 Å². The topological polar surface area (TPSA) is 86.6 Å². The van der Waals surface area contributed by atoms with Crippen LogP contribution in [0.3, 0.4) is 0 Å². The summed E-state index contributed by atoms with van der Waals surface area (Å²) in [6, 6.07) is 9.11. The van der Waals surface area contributed by atoms with Crippen molar-refractivity contribution in [3.63, 3.8) is 0 Å². The largest absolute Gasteiger partial charge is 0.478 e. The molecular formula is C22H20F2N2O5. The molecule has 0 spiro atoms. The van der Waals surface area contributed by atoms with Crippen LogP contribution in [0.1, 0.15) is 13.8 Å². The van der Waals surface area contributed by atoms with Gasteiger partial charge in [-0.1, -0.05) is 6.07 Å². The lowest BCUT2D eigenvalue weighted by Gasteiger charge is -2.15. The molecule has 3 rings (SSSR count). The molecule has 1 aromatic heterocycles. The van der Waals surface area contributed by atoms with Crippen molar-refractivity contribution in [3.8, 4) is 5.75 Å². The van der Waals surface area contributed by atoms with Crippen LogP contribution in [0, 0.1) is 11.6 Å². The molecule has 1 unspecified atom stereocenters. The summed E-state index contributed by atoms with van der Waals surface area (Å²) in [7, 11) is 0. The number of fused-ring (bicyclic) bond motifs is 1. The maximum Gasteiger partial charge on any atom is 0.347 e. The Bertz CT molecular complexity index is 1190. The van der Waals surface area contributed by atoms with Gasteiger partial charge in [0.2, 0.25) is 5.91 Å². The van der Waals surface area contributed by atoms with Crippen molar-refractivity contribution in [1.82, 2.24) is 4.57 Å². The summed E-state index contributed by atoms with van der Waals surface area (Å²) in [5, 5.41) is 3.04. The fourth-order valence-corrected chi connectivity index (χ4v) is 2.95. The summed E-state index contributed by atoms with van der Waals surface area (Å²) in [5.41, 5.74) is -0.662. The number of rotatable bonds is 7. The van der Waals surface area contributed by atoms with Crippen molar-refractivity contribution >= 4 is 28.3 Å². The second-order valence-electron chi connectivity index (χ2n) is 6.65. The number of ether oxygens (including phenoxy) is 2. The quantitative estimate of drug-likeness (QED) is 0.582. The zero-order valence-corrected chi connectivity index (χ0v) is 16.9. The average molecular weight is 430 g/mol. The van der Waals surface area contributed by atoms with Crippen LogP contribution in [0.25, 0.3) is 10.8 Å². The van der Waals surface area contributed by atoms with Gasteiger partial charge in [0.1, 0.15) is 23.9 Å². The van der Waals surface area contributed by atoms with E-state index in [9.17, 15) is 23.2 Å². The van der Waals surface area contributed by atoms with E-state index in [0.717, 1.165) is 16.7 Å². The number of nitrogens with one attached hydrogen (secondary N) is 1. The molecule has 0 saturated carbocycles. The highest BCUT2D eigenvalue weighted by Crippen LogP contribution is 2.24. The third-order valence-corrected chi connectivity index (χ3v) is 4.42. The Morgan fingerprint density at radius 1 is 1.13 bits per heavy atom. The van der Waals surface area contributed by atoms with Gasteiger partial charge in [-0.15, -0.1) is 0 Å². The maximum atomic E-state index is 13.7. The first-order valence-corrected chi connectivity index (χ1v) is 9.50. The molecule has 1 N–H and O–H groups in total. The van der Waals surface area contributed by atoms with Crippen LogP contribution in [0.4, 0.5) is 14.5 Å². The SMILES string of the molecule is CCOC(=O)C(C)Oc1cccc2c(=O)n(CC(=O)Nc3ccc(F)cc3F)ccc12. The Kier molecular flexibility index (Phi) is 6.64. The van der Waals surface area contributed by atoms with Crippen molar-refractivity contribution in [3.05, 3.63) is 70.6 Å². The second-order valence-corrected chi connectivity index (χ2v) is 6.65. The normalized spacial score (nSPS) is 11.7. The molecule has 1 heterocycles. The number of halogens is 2. The van der Waals surface area contributed by atoms with E-state index in [0.29, 0.717) is 17.2 Å². The highest BCUT2D eigenvalue weighted by atomic mass is 19.1. The number of nitrogens with zero attached hydrogens (tertiary/aromatic N) is 1. The molecule has 0 bridgehead atoms. The number of esters is 1. The third-order valence-electron chi connectivity index (χ3n) is 4.42. The minimum absolute atomic E-state index is 0.191. The van der Waals surface area contributed by atoms with Gasteiger partial charge >= 0.3 is 5.97 Å². The first kappa shape index (κ1) is 21.9. The van der Waals surface area contributed by atoms with Gasteiger partial charge in [0.15, 0.2) is 6.10 Å². The van der Waals surface area contributed by atoms with Crippen molar-refractivity contribution in [2.45, 2.75) is 26.5 Å². The van der Waals surface area contributed by atoms with E-state index in [4.69, 9.17) is 9.47 Å². The van der Waals surface area contributed by atoms with E-state index in [1.165, 1.54) is 13.1 Å². The zero-order valence-electron chi connectivity index (χ0n) is 16.9. The molecule has 0 aliphatic heterocycles. The summed E-state index contributed by atoms with van der Waals surface area (Å²) in [6.45, 7) is 3.06. The second kappa shape index (κ2) is 9.38. The highest BCUT2D eigenvalue weighted by Gasteiger charge is 2.18. The predicted octanol–water partition coefficient (Wildman–Crippen LogP) is 3.25. The first-order valence-electron chi connectivity index (χ1n) is 9.50. The number of hydrogen-bond donors (Lipinski definition) is 1. The third kappa shape index (κ3) is 5.06. The molecule has 3 aromatic rings. The number of benzene rings is 2. The summed E-state index contributed by atoms with van der Waals surface area (Å²) in [5.74, 6) is -2.55. The van der Waals surface area contributed by atoms with E-state index >= 15 is 0 Å². The van der Waals surface area contributed by atoms with Gasteiger partial charge in [-0.25, -0.2) is 13.6 Å². The van der Waals surface area contributed by atoms with Crippen LogP contribution in [-0.2, 0) is 20.9 Å². The van der Waals surface area contributed by atoms with E-state index in [-0.39, 0.29) is 24.2 Å². The highest BCUT2D eigenvalue weighted by molar-refractivity contribution is 5.91. The Morgan fingerprint density at radius 3 is 2.61 bits per heavy atom. The molecule has 1 amide bonds. The van der Waals surface area contributed by atoms with E-state index in [1.807, 2.05) is 0 Å². The van der Waals surface area contributed by atoms with E-state index in [2.05, 4.69) is 5.32 Å². The number of carbonyl (C=O) groups excluding carboxylic acids is 2. The predicted molar refractivity (Wildman–Crippen MR) is 110 cm³/mol. The molecule has 2 aromatic carbocycles. The lowest BCUT2D eigenvalue weighted by atomic mass is 10.1. The van der Waals surface area contributed by atoms with Crippen LogP contribution in [-0.4, -0.2) is 29.2 Å². The fourth-order valence-electron chi connectivity index (χ4n) is 2.95. The lowest BCUT2D eigenvalue weighted by Crippen LogP contribution is -2.28. The molecule has 0 aliphatic rings. The van der Waals surface area contributed by atoms with Crippen LogP contribution in [0.2, 0.25) is 0 Å². The first-order chi connectivity index (χ1) is 14.8. The number of pyridine rings is 1. The van der Waals surface area contributed by atoms with Gasteiger partial charge in [0.05, 0.1) is 17.7 Å². The summed E-state index contributed by atoms with van der Waals surface area (Å²) < 4.78 is 38.4. The molecule has 0 radical (unpaired) electrons. The summed E-state index contributed by atoms with van der Waals surface area (Å²) >= 11 is 0. The monoisotopic (exact) mass is 430 g/mol. The van der Waals surface area contributed by atoms with Crippen LogP contribution in [0.15, 0.2) is 53.5 Å². The Labute approximate surface area is 176 Å². The Hall–Kier alpha value is -3.75. The van der Waals surface area contributed by atoms with Crippen molar-refractivity contribution < 1.29 is 27.8 Å². The molecule has 31 heavy (non-hydrogen) atoms. The van der Waals surface area contributed by atoms with Crippen LogP contribution >= 0.6 is 0 Å². The van der Waals surface area contributed by atoms with E-state index < -0.39 is 35.2 Å². The van der Waals surface area contributed by atoms with Crippen molar-refractivity contribution in [2.24, 2.45) is 0 Å². The maximum absolute atomic E-state index is 13.7.